The number of aryl methyl sites for hydroxylation is 2. The largest absolute Gasteiger partial charge is 0.573 e. The van der Waals surface area contributed by atoms with E-state index in [0.717, 1.165) is 23.5 Å². The third-order valence-electron chi connectivity index (χ3n) is 2.67. The van der Waals surface area contributed by atoms with E-state index in [-0.39, 0.29) is 17.4 Å². The van der Waals surface area contributed by atoms with Crippen molar-refractivity contribution in [2.75, 3.05) is 11.1 Å². The van der Waals surface area contributed by atoms with Crippen molar-refractivity contribution in [2.24, 2.45) is 0 Å². The number of halogens is 3. The maximum Gasteiger partial charge on any atom is 0.573 e. The molecule has 24 heavy (non-hydrogen) atoms. The van der Waals surface area contributed by atoms with Crippen molar-refractivity contribution in [2.45, 2.75) is 25.4 Å². The van der Waals surface area contributed by atoms with E-state index < -0.39 is 6.36 Å². The van der Waals surface area contributed by atoms with E-state index in [1.165, 1.54) is 23.9 Å². The molecule has 0 unspecified atom stereocenters. The lowest BCUT2D eigenvalue weighted by Gasteiger charge is -2.10. The van der Waals surface area contributed by atoms with Crippen LogP contribution in [-0.2, 0) is 4.79 Å². The van der Waals surface area contributed by atoms with E-state index in [9.17, 15) is 18.0 Å². The number of rotatable bonds is 5. The molecule has 0 saturated heterocycles. The molecule has 0 fully saturated rings. The summed E-state index contributed by atoms with van der Waals surface area (Å²) in [5.74, 6) is -0.574. The van der Waals surface area contributed by atoms with Gasteiger partial charge in [0, 0.05) is 17.1 Å². The monoisotopic (exact) mass is 357 g/mol. The standard InChI is InChI=1S/C15H14F3N3O2S/c1-9-7-10(2)20-14(19-9)24-8-13(22)21-11-3-5-12(6-4-11)23-15(16,17)18/h3-7H,8H2,1-2H3,(H,21,22). The van der Waals surface area contributed by atoms with Gasteiger partial charge in [-0.1, -0.05) is 11.8 Å². The molecule has 9 heteroatoms. The molecular formula is C15H14F3N3O2S. The summed E-state index contributed by atoms with van der Waals surface area (Å²) in [7, 11) is 0. The van der Waals surface area contributed by atoms with E-state index in [4.69, 9.17) is 0 Å². The fourth-order valence-corrected chi connectivity index (χ4v) is 2.57. The van der Waals surface area contributed by atoms with E-state index >= 15 is 0 Å². The van der Waals surface area contributed by atoms with Gasteiger partial charge in [-0.15, -0.1) is 13.2 Å². The highest BCUT2D eigenvalue weighted by Gasteiger charge is 2.30. The van der Waals surface area contributed by atoms with Gasteiger partial charge in [0.1, 0.15) is 5.75 Å². The van der Waals surface area contributed by atoms with Crippen LogP contribution in [0.1, 0.15) is 11.4 Å². The van der Waals surface area contributed by atoms with Gasteiger partial charge in [-0.3, -0.25) is 4.79 Å². The number of aromatic nitrogens is 2. The lowest BCUT2D eigenvalue weighted by atomic mass is 10.3. The summed E-state index contributed by atoms with van der Waals surface area (Å²) >= 11 is 1.18. The molecule has 0 aliphatic rings. The van der Waals surface area contributed by atoms with Crippen LogP contribution >= 0.6 is 11.8 Å². The zero-order chi connectivity index (χ0) is 17.7. The van der Waals surface area contributed by atoms with Gasteiger partial charge in [0.2, 0.25) is 5.91 Å². The second-order valence-corrected chi connectivity index (χ2v) is 5.78. The fraction of sp³-hybridized carbons (Fsp3) is 0.267. The minimum atomic E-state index is -4.74. The number of alkyl halides is 3. The van der Waals surface area contributed by atoms with E-state index in [1.54, 1.807) is 0 Å². The molecule has 2 rings (SSSR count). The topological polar surface area (TPSA) is 64.1 Å². The smallest absolute Gasteiger partial charge is 0.406 e. The van der Waals surface area contributed by atoms with Crippen molar-refractivity contribution in [3.05, 3.63) is 41.7 Å². The Morgan fingerprint density at radius 3 is 2.29 bits per heavy atom. The Hall–Kier alpha value is -2.29. The third-order valence-corrected chi connectivity index (χ3v) is 3.51. The average Bonchev–Trinajstić information content (AvgIpc) is 2.45. The molecule has 0 atom stereocenters. The summed E-state index contributed by atoms with van der Waals surface area (Å²) in [6.45, 7) is 3.67. The second-order valence-electron chi connectivity index (χ2n) is 4.84. The van der Waals surface area contributed by atoms with Crippen LogP contribution in [0.25, 0.3) is 0 Å². The summed E-state index contributed by atoms with van der Waals surface area (Å²) in [5.41, 5.74) is 1.99. The molecule has 0 aliphatic heterocycles. The molecule has 0 spiro atoms. The Kier molecular flexibility index (Phi) is 5.66. The Bertz CT molecular complexity index is 701. The van der Waals surface area contributed by atoms with Gasteiger partial charge in [-0.05, 0) is 44.2 Å². The van der Waals surface area contributed by atoms with Crippen LogP contribution in [0.4, 0.5) is 18.9 Å². The maximum absolute atomic E-state index is 12.1. The van der Waals surface area contributed by atoms with Gasteiger partial charge in [-0.25, -0.2) is 9.97 Å². The Morgan fingerprint density at radius 2 is 1.75 bits per heavy atom. The number of carbonyl (C=O) groups is 1. The number of ether oxygens (including phenoxy) is 1. The molecule has 0 radical (unpaired) electrons. The van der Waals surface area contributed by atoms with Crippen molar-refractivity contribution >= 4 is 23.4 Å². The van der Waals surface area contributed by atoms with E-state index in [2.05, 4.69) is 20.0 Å². The molecule has 1 amide bonds. The molecule has 1 aromatic carbocycles. The molecule has 128 valence electrons. The summed E-state index contributed by atoms with van der Waals surface area (Å²) < 4.78 is 39.9. The minimum absolute atomic E-state index is 0.0870. The van der Waals surface area contributed by atoms with Crippen LogP contribution in [0.2, 0.25) is 0 Å². The van der Waals surface area contributed by atoms with E-state index in [0.29, 0.717) is 10.8 Å². The molecule has 1 heterocycles. The first-order valence-corrected chi connectivity index (χ1v) is 7.80. The predicted octanol–water partition coefficient (Wildman–Crippen LogP) is 3.72. The van der Waals surface area contributed by atoms with Crippen molar-refractivity contribution in [3.63, 3.8) is 0 Å². The van der Waals surface area contributed by atoms with Gasteiger partial charge in [0.25, 0.3) is 0 Å². The Labute approximate surface area is 140 Å². The second kappa shape index (κ2) is 7.52. The third kappa shape index (κ3) is 6.07. The van der Waals surface area contributed by atoms with Crippen LogP contribution in [0.15, 0.2) is 35.5 Å². The molecule has 0 aliphatic carbocycles. The van der Waals surface area contributed by atoms with Gasteiger partial charge in [0.15, 0.2) is 5.16 Å². The highest BCUT2D eigenvalue weighted by Crippen LogP contribution is 2.24. The van der Waals surface area contributed by atoms with Crippen LogP contribution in [0.3, 0.4) is 0 Å². The van der Waals surface area contributed by atoms with Crippen LogP contribution < -0.4 is 10.1 Å². The molecule has 5 nitrogen and oxygen atoms in total. The van der Waals surface area contributed by atoms with Crippen molar-refractivity contribution in [3.8, 4) is 5.75 Å². The van der Waals surface area contributed by atoms with Crippen molar-refractivity contribution in [1.29, 1.82) is 0 Å². The van der Waals surface area contributed by atoms with E-state index in [1.807, 2.05) is 19.9 Å². The van der Waals surface area contributed by atoms with Gasteiger partial charge >= 0.3 is 6.36 Å². The highest BCUT2D eigenvalue weighted by atomic mass is 32.2. The number of hydrogen-bond donors (Lipinski definition) is 1. The first-order valence-electron chi connectivity index (χ1n) is 6.82. The zero-order valence-electron chi connectivity index (χ0n) is 12.8. The molecule has 0 bridgehead atoms. The number of nitrogens with one attached hydrogen (secondary N) is 1. The fourth-order valence-electron chi connectivity index (χ4n) is 1.83. The van der Waals surface area contributed by atoms with Crippen LogP contribution in [0.5, 0.6) is 5.75 Å². The normalized spacial score (nSPS) is 11.2. The average molecular weight is 357 g/mol. The van der Waals surface area contributed by atoms with Crippen molar-refractivity contribution in [1.82, 2.24) is 9.97 Å². The number of carbonyl (C=O) groups excluding carboxylic acids is 1. The number of hydrogen-bond acceptors (Lipinski definition) is 5. The SMILES string of the molecule is Cc1cc(C)nc(SCC(=O)Nc2ccc(OC(F)(F)F)cc2)n1. The predicted molar refractivity (Wildman–Crippen MR) is 84.0 cm³/mol. The number of thioether (sulfide) groups is 1. The number of nitrogens with zero attached hydrogens (tertiary/aromatic N) is 2. The Balaban J connectivity index is 1.88. The lowest BCUT2D eigenvalue weighted by Crippen LogP contribution is -2.17. The molecule has 0 saturated carbocycles. The minimum Gasteiger partial charge on any atom is -0.406 e. The van der Waals surface area contributed by atoms with Crippen LogP contribution in [-0.4, -0.2) is 28.0 Å². The number of anilines is 1. The number of amides is 1. The van der Waals surface area contributed by atoms with Crippen LogP contribution in [0, 0.1) is 13.8 Å². The number of benzene rings is 1. The maximum atomic E-state index is 12.1. The quantitative estimate of drug-likeness (QED) is 0.653. The first-order chi connectivity index (χ1) is 11.2. The summed E-state index contributed by atoms with van der Waals surface area (Å²) in [4.78, 5) is 20.3. The first kappa shape index (κ1) is 18.1. The molecular weight excluding hydrogens is 343 g/mol. The van der Waals surface area contributed by atoms with Gasteiger partial charge in [0.05, 0.1) is 5.75 Å². The molecule has 2 aromatic rings. The summed E-state index contributed by atoms with van der Waals surface area (Å²) in [5, 5.41) is 3.08. The molecule has 1 N–H and O–H groups in total. The Morgan fingerprint density at radius 1 is 1.17 bits per heavy atom. The van der Waals surface area contributed by atoms with Gasteiger partial charge < -0.3 is 10.1 Å². The highest BCUT2D eigenvalue weighted by molar-refractivity contribution is 7.99. The summed E-state index contributed by atoms with van der Waals surface area (Å²) in [6.07, 6.45) is -4.74. The summed E-state index contributed by atoms with van der Waals surface area (Å²) in [6, 6.07) is 6.75. The molecule has 1 aromatic heterocycles. The zero-order valence-corrected chi connectivity index (χ0v) is 13.7. The van der Waals surface area contributed by atoms with Crippen molar-refractivity contribution < 1.29 is 22.7 Å². The van der Waals surface area contributed by atoms with Gasteiger partial charge in [-0.2, -0.15) is 0 Å². The lowest BCUT2D eigenvalue weighted by molar-refractivity contribution is -0.274.